The molecule has 0 saturated carbocycles. The largest absolute Gasteiger partial charge is 0.460 e. The molecule has 6 heteroatoms. The zero-order chi connectivity index (χ0) is 16.2. The summed E-state index contributed by atoms with van der Waals surface area (Å²) in [5.41, 5.74) is -1.01. The Kier molecular flexibility index (Phi) is 7.21. The van der Waals surface area contributed by atoms with E-state index in [1.807, 2.05) is 41.5 Å². The summed E-state index contributed by atoms with van der Waals surface area (Å²) in [5, 5.41) is 0. The molecule has 20 heavy (non-hydrogen) atoms. The van der Waals surface area contributed by atoms with Crippen molar-refractivity contribution in [2.75, 3.05) is 0 Å². The summed E-state index contributed by atoms with van der Waals surface area (Å²) in [7, 11) is 0. The number of hydrogen-bond donors (Lipinski definition) is 0. The van der Waals surface area contributed by atoms with Crippen molar-refractivity contribution in [2.45, 2.75) is 75.2 Å². The first-order valence-corrected chi connectivity index (χ1v) is 8.10. The highest BCUT2D eigenvalue weighted by molar-refractivity contribution is 9.25. The zero-order valence-electron chi connectivity index (χ0n) is 13.0. The number of halogens is 2. The highest BCUT2D eigenvalue weighted by Crippen LogP contribution is 2.36. The Morgan fingerprint density at radius 3 is 1.65 bits per heavy atom. The molecule has 0 aliphatic heterocycles. The maximum Gasteiger partial charge on any atom is 0.308 e. The Labute approximate surface area is 138 Å². The van der Waals surface area contributed by atoms with Gasteiger partial charge < -0.3 is 9.47 Å². The maximum atomic E-state index is 11.7. The number of carbonyl (C=O) groups is 2. The van der Waals surface area contributed by atoms with Crippen LogP contribution >= 0.6 is 31.9 Å². The SMILES string of the molecule is CC(C)(C)OC(=O)CCC(Br)(Br)CC(=O)OC(C)(C)C. The average Bonchev–Trinajstić information content (AvgIpc) is 2.07. The average molecular weight is 416 g/mol. The van der Waals surface area contributed by atoms with Crippen molar-refractivity contribution in [1.29, 1.82) is 0 Å². The number of alkyl halides is 2. The van der Waals surface area contributed by atoms with Gasteiger partial charge in [0, 0.05) is 6.42 Å². The molecule has 118 valence electrons. The van der Waals surface area contributed by atoms with Crippen LogP contribution in [0.5, 0.6) is 0 Å². The lowest BCUT2D eigenvalue weighted by Gasteiger charge is -2.25. The monoisotopic (exact) mass is 414 g/mol. The molecule has 0 heterocycles. The van der Waals surface area contributed by atoms with Gasteiger partial charge in [-0.3, -0.25) is 9.59 Å². The fraction of sp³-hybridized carbons (Fsp3) is 0.857. The second kappa shape index (κ2) is 7.25. The van der Waals surface area contributed by atoms with E-state index in [1.165, 1.54) is 0 Å². The third-order valence-electron chi connectivity index (χ3n) is 1.94. The summed E-state index contributed by atoms with van der Waals surface area (Å²) >= 11 is 6.81. The van der Waals surface area contributed by atoms with Crippen LogP contribution in [0.4, 0.5) is 0 Å². The molecule has 0 rings (SSSR count). The third-order valence-corrected chi connectivity index (χ3v) is 3.29. The van der Waals surface area contributed by atoms with Gasteiger partial charge >= 0.3 is 11.9 Å². The van der Waals surface area contributed by atoms with Crippen molar-refractivity contribution in [3.05, 3.63) is 0 Å². The Morgan fingerprint density at radius 1 is 0.850 bits per heavy atom. The van der Waals surface area contributed by atoms with Crippen LogP contribution in [-0.2, 0) is 19.1 Å². The first-order chi connectivity index (χ1) is 8.70. The van der Waals surface area contributed by atoms with Gasteiger partial charge in [0.1, 0.15) is 11.2 Å². The first-order valence-electron chi connectivity index (χ1n) is 6.52. The molecule has 0 fully saturated rings. The molecule has 0 unspecified atom stereocenters. The molecule has 4 nitrogen and oxygen atoms in total. The highest BCUT2D eigenvalue weighted by Gasteiger charge is 2.30. The van der Waals surface area contributed by atoms with Crippen molar-refractivity contribution in [3.63, 3.8) is 0 Å². The molecule has 0 aromatic carbocycles. The van der Waals surface area contributed by atoms with Crippen LogP contribution in [0.15, 0.2) is 0 Å². The van der Waals surface area contributed by atoms with E-state index in [4.69, 9.17) is 9.47 Å². The van der Waals surface area contributed by atoms with Gasteiger partial charge in [0.15, 0.2) is 0 Å². The molecule has 0 aromatic rings. The Hall–Kier alpha value is -0.100. The number of ether oxygens (including phenoxy) is 2. The molecule has 0 aliphatic rings. The summed E-state index contributed by atoms with van der Waals surface area (Å²) in [4.78, 5) is 23.4. The number of carbonyl (C=O) groups excluding carboxylic acids is 2. The van der Waals surface area contributed by atoms with E-state index in [9.17, 15) is 9.59 Å². The summed E-state index contributed by atoms with van der Waals surface area (Å²) in [5.74, 6) is -0.611. The van der Waals surface area contributed by atoms with Gasteiger partial charge in [-0.25, -0.2) is 0 Å². The molecule has 0 atom stereocenters. The third kappa shape index (κ3) is 11.7. The van der Waals surface area contributed by atoms with Crippen LogP contribution in [0.3, 0.4) is 0 Å². The van der Waals surface area contributed by atoms with Gasteiger partial charge in [0.2, 0.25) is 0 Å². The molecule has 0 radical (unpaired) electrons. The number of esters is 2. The van der Waals surface area contributed by atoms with E-state index in [0.29, 0.717) is 6.42 Å². The van der Waals surface area contributed by atoms with Crippen LogP contribution in [0.1, 0.15) is 60.8 Å². The molecular formula is C14H24Br2O4. The predicted molar refractivity (Wildman–Crippen MR) is 86.1 cm³/mol. The molecule has 0 bridgehead atoms. The lowest BCUT2D eigenvalue weighted by atomic mass is 10.1. The molecule has 0 aliphatic carbocycles. The summed E-state index contributed by atoms with van der Waals surface area (Å²) in [6, 6.07) is 0. The second-order valence-electron chi connectivity index (χ2n) is 6.71. The van der Waals surface area contributed by atoms with E-state index in [-0.39, 0.29) is 24.8 Å². The predicted octanol–water partition coefficient (Wildman–Crippen LogP) is 4.33. The van der Waals surface area contributed by atoms with E-state index in [0.717, 1.165) is 0 Å². The quantitative estimate of drug-likeness (QED) is 0.495. The summed E-state index contributed by atoms with van der Waals surface area (Å²) in [6.07, 6.45) is 0.783. The summed E-state index contributed by atoms with van der Waals surface area (Å²) < 4.78 is 9.81. The summed E-state index contributed by atoms with van der Waals surface area (Å²) in [6.45, 7) is 10.9. The first kappa shape index (κ1) is 19.9. The Balaban J connectivity index is 4.26. The Morgan fingerprint density at radius 2 is 1.25 bits per heavy atom. The molecule has 0 saturated heterocycles. The van der Waals surface area contributed by atoms with Crippen LogP contribution in [0.25, 0.3) is 0 Å². The van der Waals surface area contributed by atoms with Crippen molar-refractivity contribution in [2.24, 2.45) is 0 Å². The maximum absolute atomic E-state index is 11.7. The minimum atomic E-state index is -0.654. The number of rotatable bonds is 5. The second-order valence-corrected chi connectivity index (χ2v) is 10.8. The smallest absolute Gasteiger partial charge is 0.308 e. The van der Waals surface area contributed by atoms with Crippen molar-refractivity contribution in [1.82, 2.24) is 0 Å². The van der Waals surface area contributed by atoms with E-state index >= 15 is 0 Å². The van der Waals surface area contributed by atoms with Crippen LogP contribution in [0.2, 0.25) is 0 Å². The van der Waals surface area contributed by atoms with Gasteiger partial charge in [-0.2, -0.15) is 0 Å². The van der Waals surface area contributed by atoms with Gasteiger partial charge in [0.25, 0.3) is 0 Å². The van der Waals surface area contributed by atoms with E-state index in [1.54, 1.807) is 0 Å². The molecular weight excluding hydrogens is 392 g/mol. The van der Waals surface area contributed by atoms with Gasteiger partial charge in [0.05, 0.1) is 9.65 Å². The number of hydrogen-bond acceptors (Lipinski definition) is 4. The van der Waals surface area contributed by atoms with Gasteiger partial charge in [-0.15, -0.1) is 0 Å². The fourth-order valence-corrected chi connectivity index (χ4v) is 2.21. The minimum absolute atomic E-state index is 0.132. The normalized spacial score (nSPS) is 13.0. The molecule has 0 amide bonds. The highest BCUT2D eigenvalue weighted by atomic mass is 79.9. The van der Waals surface area contributed by atoms with Crippen molar-refractivity contribution >= 4 is 43.8 Å². The van der Waals surface area contributed by atoms with Gasteiger partial charge in [-0.1, -0.05) is 31.9 Å². The lowest BCUT2D eigenvalue weighted by molar-refractivity contribution is -0.157. The van der Waals surface area contributed by atoms with Crippen LogP contribution in [0, 0.1) is 0 Å². The lowest BCUT2D eigenvalue weighted by Crippen LogP contribution is -2.29. The van der Waals surface area contributed by atoms with Crippen LogP contribution < -0.4 is 0 Å². The fourth-order valence-electron chi connectivity index (χ4n) is 1.35. The minimum Gasteiger partial charge on any atom is -0.460 e. The Bertz CT molecular complexity index is 351. The standard InChI is InChI=1S/C14H24Br2O4/c1-12(2,3)19-10(17)7-8-14(15,16)9-11(18)20-13(4,5)6/h7-9H2,1-6H3. The van der Waals surface area contributed by atoms with Crippen molar-refractivity contribution < 1.29 is 19.1 Å². The molecule has 0 spiro atoms. The van der Waals surface area contributed by atoms with Gasteiger partial charge in [-0.05, 0) is 48.0 Å². The zero-order valence-corrected chi connectivity index (χ0v) is 16.2. The van der Waals surface area contributed by atoms with E-state index in [2.05, 4.69) is 31.9 Å². The van der Waals surface area contributed by atoms with E-state index < -0.39 is 14.4 Å². The topological polar surface area (TPSA) is 52.6 Å². The molecule has 0 aromatic heterocycles. The molecule has 0 N–H and O–H groups in total. The van der Waals surface area contributed by atoms with Crippen molar-refractivity contribution in [3.8, 4) is 0 Å². The van der Waals surface area contributed by atoms with Crippen LogP contribution in [-0.4, -0.2) is 26.4 Å².